The molecule has 5 heteroatoms. The molecule has 0 rings (SSSR count). The monoisotopic (exact) mass is 304 g/mol. The molecule has 0 amide bonds. The Kier molecular flexibility index (Phi) is 7.99. The van der Waals surface area contributed by atoms with Gasteiger partial charge in [0.15, 0.2) is 8.32 Å². The van der Waals surface area contributed by atoms with Crippen LogP contribution in [-0.4, -0.2) is 39.2 Å². The zero-order valence-electron chi connectivity index (χ0n) is 14.2. The van der Waals surface area contributed by atoms with Gasteiger partial charge in [-0.15, -0.1) is 0 Å². The van der Waals surface area contributed by atoms with E-state index in [2.05, 4.69) is 38.6 Å². The molecule has 0 heterocycles. The SMILES string of the molecule is COC(=O)CCC[C@@H](O[Si](C)(C)C(C)(C)C)[C@H](C)CO. The number of ether oxygens (including phenoxy) is 1. The standard InChI is InChI=1S/C15H32O4Si/c1-12(11-16)13(9-8-10-14(17)18-5)19-20(6,7)15(2,3)4/h12-13,16H,8-11H2,1-7H3/t12-,13-/m1/s1. The fraction of sp³-hybridized carbons (Fsp3) is 0.933. The molecule has 0 saturated carbocycles. The first-order valence-corrected chi connectivity index (χ1v) is 10.3. The summed E-state index contributed by atoms with van der Waals surface area (Å²) in [6, 6.07) is 0. The van der Waals surface area contributed by atoms with Crippen molar-refractivity contribution in [3.05, 3.63) is 0 Å². The van der Waals surface area contributed by atoms with Gasteiger partial charge in [0.25, 0.3) is 0 Å². The van der Waals surface area contributed by atoms with E-state index in [0.717, 1.165) is 12.8 Å². The van der Waals surface area contributed by atoms with Gasteiger partial charge in [-0.2, -0.15) is 0 Å². The minimum atomic E-state index is -1.86. The Hall–Kier alpha value is -0.393. The third kappa shape index (κ3) is 6.37. The van der Waals surface area contributed by atoms with Crippen molar-refractivity contribution in [2.75, 3.05) is 13.7 Å². The molecule has 20 heavy (non-hydrogen) atoms. The van der Waals surface area contributed by atoms with Crippen LogP contribution in [0.25, 0.3) is 0 Å². The van der Waals surface area contributed by atoms with Crippen LogP contribution in [0.5, 0.6) is 0 Å². The number of carbonyl (C=O) groups excluding carboxylic acids is 1. The fourth-order valence-corrected chi connectivity index (χ4v) is 3.14. The van der Waals surface area contributed by atoms with Crippen LogP contribution in [0.2, 0.25) is 18.1 Å². The molecule has 0 spiro atoms. The molecule has 0 aromatic rings. The molecular formula is C15H32O4Si. The van der Waals surface area contributed by atoms with E-state index in [1.807, 2.05) is 6.92 Å². The van der Waals surface area contributed by atoms with Crippen LogP contribution in [0, 0.1) is 5.92 Å². The maximum Gasteiger partial charge on any atom is 0.305 e. The predicted octanol–water partition coefficient (Wildman–Crippen LogP) is 3.35. The summed E-state index contributed by atoms with van der Waals surface area (Å²) in [6.07, 6.45) is 1.93. The minimum absolute atomic E-state index is 0.00514. The lowest BCUT2D eigenvalue weighted by atomic mass is 10.0. The number of methoxy groups -OCH3 is 1. The summed E-state index contributed by atoms with van der Waals surface area (Å²) in [5.41, 5.74) is 0. The molecule has 0 aromatic carbocycles. The molecule has 0 fully saturated rings. The minimum Gasteiger partial charge on any atom is -0.469 e. The van der Waals surface area contributed by atoms with E-state index in [1.165, 1.54) is 7.11 Å². The normalized spacial score (nSPS) is 15.8. The van der Waals surface area contributed by atoms with Crippen LogP contribution in [-0.2, 0) is 14.0 Å². The highest BCUT2D eigenvalue weighted by molar-refractivity contribution is 6.74. The van der Waals surface area contributed by atoms with Gasteiger partial charge >= 0.3 is 5.97 Å². The van der Waals surface area contributed by atoms with Gasteiger partial charge in [0.1, 0.15) is 0 Å². The van der Waals surface area contributed by atoms with E-state index in [9.17, 15) is 9.90 Å². The first-order valence-electron chi connectivity index (χ1n) is 7.40. The maximum absolute atomic E-state index is 11.2. The highest BCUT2D eigenvalue weighted by Gasteiger charge is 2.39. The Morgan fingerprint density at radius 3 is 2.25 bits per heavy atom. The number of aliphatic hydroxyl groups excluding tert-OH is 1. The molecule has 4 nitrogen and oxygen atoms in total. The van der Waals surface area contributed by atoms with E-state index in [0.29, 0.717) is 6.42 Å². The van der Waals surface area contributed by atoms with Crippen molar-refractivity contribution in [2.24, 2.45) is 5.92 Å². The second kappa shape index (κ2) is 8.15. The topological polar surface area (TPSA) is 55.8 Å². The number of hydrogen-bond acceptors (Lipinski definition) is 4. The third-order valence-corrected chi connectivity index (χ3v) is 8.78. The van der Waals surface area contributed by atoms with Crippen LogP contribution < -0.4 is 0 Å². The van der Waals surface area contributed by atoms with Gasteiger partial charge < -0.3 is 14.3 Å². The van der Waals surface area contributed by atoms with E-state index in [4.69, 9.17) is 4.43 Å². The van der Waals surface area contributed by atoms with Crippen molar-refractivity contribution in [1.29, 1.82) is 0 Å². The molecule has 0 aromatic heterocycles. The van der Waals surface area contributed by atoms with Crippen molar-refractivity contribution >= 4 is 14.3 Å². The smallest absolute Gasteiger partial charge is 0.305 e. The summed E-state index contributed by atoms with van der Waals surface area (Å²) in [7, 11) is -0.455. The lowest BCUT2D eigenvalue weighted by Crippen LogP contribution is -2.46. The third-order valence-electron chi connectivity index (χ3n) is 4.27. The van der Waals surface area contributed by atoms with Crippen LogP contribution in [0.15, 0.2) is 0 Å². The molecule has 0 radical (unpaired) electrons. The Balaban J connectivity index is 4.62. The van der Waals surface area contributed by atoms with Crippen molar-refractivity contribution in [3.63, 3.8) is 0 Å². The van der Waals surface area contributed by atoms with Crippen LogP contribution in [0.3, 0.4) is 0 Å². The first-order chi connectivity index (χ1) is 9.05. The molecule has 0 saturated heterocycles. The maximum atomic E-state index is 11.2. The van der Waals surface area contributed by atoms with E-state index in [-0.39, 0.29) is 29.6 Å². The van der Waals surface area contributed by atoms with Gasteiger partial charge in [0.2, 0.25) is 0 Å². The zero-order chi connectivity index (χ0) is 16.0. The van der Waals surface area contributed by atoms with Crippen molar-refractivity contribution in [3.8, 4) is 0 Å². The number of carbonyl (C=O) groups is 1. The van der Waals surface area contributed by atoms with Gasteiger partial charge in [-0.05, 0) is 31.0 Å². The quantitative estimate of drug-likeness (QED) is 0.552. The van der Waals surface area contributed by atoms with Gasteiger partial charge in [0.05, 0.1) is 7.11 Å². The summed E-state index contributed by atoms with van der Waals surface area (Å²) in [5, 5.41) is 9.54. The first kappa shape index (κ1) is 19.6. The summed E-state index contributed by atoms with van der Waals surface area (Å²) >= 11 is 0. The Labute approximate surface area is 125 Å². The number of esters is 1. The predicted molar refractivity (Wildman–Crippen MR) is 84.2 cm³/mol. The molecule has 1 N–H and O–H groups in total. The Bertz CT molecular complexity index is 297. The van der Waals surface area contributed by atoms with Gasteiger partial charge in [-0.3, -0.25) is 4.79 Å². The summed E-state index contributed by atoms with van der Waals surface area (Å²) in [6.45, 7) is 13.1. The van der Waals surface area contributed by atoms with Crippen molar-refractivity contribution < 1.29 is 19.1 Å². The molecule has 0 aliphatic heterocycles. The highest BCUT2D eigenvalue weighted by atomic mass is 28.4. The van der Waals surface area contributed by atoms with E-state index in [1.54, 1.807) is 0 Å². The van der Waals surface area contributed by atoms with E-state index < -0.39 is 8.32 Å². The number of aliphatic hydroxyl groups is 1. The molecule has 0 aliphatic rings. The zero-order valence-corrected chi connectivity index (χ0v) is 15.2. The van der Waals surface area contributed by atoms with Crippen LogP contribution in [0.1, 0.15) is 47.0 Å². The Morgan fingerprint density at radius 1 is 1.30 bits per heavy atom. The van der Waals surface area contributed by atoms with Crippen LogP contribution in [0.4, 0.5) is 0 Å². The molecule has 0 bridgehead atoms. The molecule has 0 unspecified atom stereocenters. The number of rotatable bonds is 8. The lowest BCUT2D eigenvalue weighted by molar-refractivity contribution is -0.140. The second-order valence-corrected chi connectivity index (χ2v) is 11.8. The summed E-state index contributed by atoms with van der Waals surface area (Å²) < 4.78 is 11.1. The van der Waals surface area contributed by atoms with Gasteiger partial charge in [-0.25, -0.2) is 0 Å². The van der Waals surface area contributed by atoms with Gasteiger partial charge in [-0.1, -0.05) is 27.7 Å². The molecule has 0 aliphatic carbocycles. The number of hydrogen-bond donors (Lipinski definition) is 1. The fourth-order valence-electron chi connectivity index (χ4n) is 1.68. The molecule has 120 valence electrons. The Morgan fingerprint density at radius 2 is 1.85 bits per heavy atom. The molecule has 2 atom stereocenters. The summed E-state index contributed by atoms with van der Waals surface area (Å²) in [4.78, 5) is 11.2. The summed E-state index contributed by atoms with van der Waals surface area (Å²) in [5.74, 6) is -0.102. The largest absolute Gasteiger partial charge is 0.469 e. The van der Waals surface area contributed by atoms with Crippen molar-refractivity contribution in [2.45, 2.75) is 71.2 Å². The average molecular weight is 305 g/mol. The molecular weight excluding hydrogens is 272 g/mol. The average Bonchev–Trinajstić information content (AvgIpc) is 2.34. The van der Waals surface area contributed by atoms with Crippen molar-refractivity contribution in [1.82, 2.24) is 0 Å². The lowest BCUT2D eigenvalue weighted by Gasteiger charge is -2.40. The van der Waals surface area contributed by atoms with E-state index >= 15 is 0 Å². The highest BCUT2D eigenvalue weighted by Crippen LogP contribution is 2.38. The van der Waals surface area contributed by atoms with Gasteiger partial charge in [0, 0.05) is 25.0 Å². The van der Waals surface area contributed by atoms with Crippen LogP contribution >= 0.6 is 0 Å². The second-order valence-electron chi connectivity index (χ2n) is 7.04.